The van der Waals surface area contributed by atoms with Crippen molar-refractivity contribution < 1.29 is 4.39 Å². The van der Waals surface area contributed by atoms with Crippen molar-refractivity contribution in [2.45, 2.75) is 31.6 Å². The van der Waals surface area contributed by atoms with Crippen LogP contribution in [-0.4, -0.2) is 24.1 Å². The van der Waals surface area contributed by atoms with Gasteiger partial charge in [0.05, 0.1) is 4.47 Å². The molecule has 1 nitrogen and oxygen atoms in total. The quantitative estimate of drug-likeness (QED) is 0.854. The molecule has 0 fully saturated rings. The molecule has 0 saturated carbocycles. The molecule has 0 aliphatic rings. The van der Waals surface area contributed by atoms with Crippen LogP contribution in [-0.2, 0) is 6.42 Å². The molecule has 1 rings (SSSR count). The smallest absolute Gasteiger partial charge is 0.137 e. The van der Waals surface area contributed by atoms with Gasteiger partial charge in [-0.1, -0.05) is 26.0 Å². The second kappa shape index (κ2) is 7.39. The molecule has 0 aromatic heterocycles. The van der Waals surface area contributed by atoms with Gasteiger partial charge in [0.15, 0.2) is 0 Å². The van der Waals surface area contributed by atoms with Crippen LogP contribution in [0.15, 0.2) is 22.7 Å². The molecule has 1 N–H and O–H groups in total. The maximum atomic E-state index is 13.4. The highest BCUT2D eigenvalue weighted by atomic mass is 79.9. The van der Waals surface area contributed by atoms with Gasteiger partial charge in [0.2, 0.25) is 0 Å². The van der Waals surface area contributed by atoms with E-state index in [2.05, 4.69) is 35.1 Å². The first-order valence-electron chi connectivity index (χ1n) is 5.76. The summed E-state index contributed by atoms with van der Waals surface area (Å²) >= 11 is 5.23. The number of hydrogen-bond acceptors (Lipinski definition) is 2. The third-order valence-corrected chi connectivity index (χ3v) is 4.69. The Morgan fingerprint density at radius 1 is 1.41 bits per heavy atom. The first kappa shape index (κ1) is 15.0. The van der Waals surface area contributed by atoms with Gasteiger partial charge in [0.1, 0.15) is 5.82 Å². The molecule has 0 heterocycles. The summed E-state index contributed by atoms with van der Waals surface area (Å²) < 4.78 is 14.0. The molecule has 4 heteroatoms. The molecule has 0 aliphatic carbocycles. The Labute approximate surface area is 116 Å². The van der Waals surface area contributed by atoms with Crippen LogP contribution in [0.3, 0.4) is 0 Å². The fourth-order valence-electron chi connectivity index (χ4n) is 1.52. The Bertz CT molecular complexity index is 357. The number of hydrogen-bond donors (Lipinski definition) is 1. The van der Waals surface area contributed by atoms with E-state index in [0.717, 1.165) is 17.7 Å². The van der Waals surface area contributed by atoms with Gasteiger partial charge >= 0.3 is 0 Å². The van der Waals surface area contributed by atoms with Crippen molar-refractivity contribution in [3.05, 3.63) is 34.1 Å². The third-order valence-electron chi connectivity index (χ3n) is 2.54. The third kappa shape index (κ3) is 4.98. The average Bonchev–Trinajstić information content (AvgIpc) is 2.29. The van der Waals surface area contributed by atoms with E-state index in [-0.39, 0.29) is 5.82 Å². The lowest BCUT2D eigenvalue weighted by Gasteiger charge is -2.18. The predicted octanol–water partition coefficient (Wildman–Crippen LogP) is 3.86. The number of likely N-dealkylation sites (N-methyl/N-ethyl adjacent to an activating group) is 1. The van der Waals surface area contributed by atoms with Crippen LogP contribution >= 0.6 is 27.7 Å². The van der Waals surface area contributed by atoms with Gasteiger partial charge in [-0.25, -0.2) is 4.39 Å². The van der Waals surface area contributed by atoms with E-state index in [9.17, 15) is 4.39 Å². The Balaban J connectivity index is 2.64. The van der Waals surface area contributed by atoms with E-state index in [0.29, 0.717) is 15.8 Å². The van der Waals surface area contributed by atoms with Crippen LogP contribution < -0.4 is 5.32 Å². The SMILES string of the molecule is CNC(CSC(C)C)Cc1cccc(F)c1Br. The number of rotatable bonds is 6. The lowest BCUT2D eigenvalue weighted by molar-refractivity contribution is 0.596. The summed E-state index contributed by atoms with van der Waals surface area (Å²) in [6.45, 7) is 4.38. The first-order chi connectivity index (χ1) is 8.04. The molecule has 1 unspecified atom stereocenters. The highest BCUT2D eigenvalue weighted by Gasteiger charge is 2.12. The number of thioether (sulfide) groups is 1. The highest BCUT2D eigenvalue weighted by Crippen LogP contribution is 2.22. The minimum Gasteiger partial charge on any atom is -0.316 e. The van der Waals surface area contributed by atoms with Gasteiger partial charge in [-0.15, -0.1) is 0 Å². The van der Waals surface area contributed by atoms with Crippen molar-refractivity contribution in [3.8, 4) is 0 Å². The number of halogens is 2. The fourth-order valence-corrected chi connectivity index (χ4v) is 2.85. The highest BCUT2D eigenvalue weighted by molar-refractivity contribution is 9.10. The van der Waals surface area contributed by atoms with Crippen LogP contribution in [0.4, 0.5) is 4.39 Å². The largest absolute Gasteiger partial charge is 0.316 e. The lowest BCUT2D eigenvalue weighted by atomic mass is 10.1. The average molecular weight is 320 g/mol. The Kier molecular flexibility index (Phi) is 6.52. The number of nitrogens with one attached hydrogen (secondary N) is 1. The van der Waals surface area contributed by atoms with Crippen molar-refractivity contribution in [2.75, 3.05) is 12.8 Å². The predicted molar refractivity (Wildman–Crippen MR) is 78.2 cm³/mol. The molecule has 96 valence electrons. The molecular weight excluding hydrogens is 301 g/mol. The van der Waals surface area contributed by atoms with Crippen LogP contribution in [0.5, 0.6) is 0 Å². The normalized spacial score (nSPS) is 13.1. The van der Waals surface area contributed by atoms with Crippen LogP contribution in [0, 0.1) is 5.82 Å². The van der Waals surface area contributed by atoms with Crippen LogP contribution in [0.1, 0.15) is 19.4 Å². The molecule has 0 radical (unpaired) electrons. The number of benzene rings is 1. The molecule has 0 spiro atoms. The molecular formula is C13H19BrFNS. The Hall–Kier alpha value is -0.0600. The molecule has 1 aromatic rings. The molecule has 1 atom stereocenters. The second-order valence-electron chi connectivity index (χ2n) is 4.28. The molecule has 17 heavy (non-hydrogen) atoms. The zero-order chi connectivity index (χ0) is 12.8. The first-order valence-corrected chi connectivity index (χ1v) is 7.60. The minimum absolute atomic E-state index is 0.186. The summed E-state index contributed by atoms with van der Waals surface area (Å²) in [7, 11) is 1.96. The standard InChI is InChI=1S/C13H19BrFNS/c1-9(2)17-8-11(16-3)7-10-5-4-6-12(15)13(10)14/h4-6,9,11,16H,7-8H2,1-3H3. The monoisotopic (exact) mass is 319 g/mol. The molecule has 0 bridgehead atoms. The molecule has 1 aromatic carbocycles. The van der Waals surface area contributed by atoms with E-state index < -0.39 is 0 Å². The van der Waals surface area contributed by atoms with Gasteiger partial charge in [-0.2, -0.15) is 11.8 Å². The van der Waals surface area contributed by atoms with E-state index in [1.807, 2.05) is 24.9 Å². The van der Waals surface area contributed by atoms with Crippen molar-refractivity contribution in [2.24, 2.45) is 0 Å². The second-order valence-corrected chi connectivity index (χ2v) is 6.69. The van der Waals surface area contributed by atoms with Crippen LogP contribution in [0.2, 0.25) is 0 Å². The van der Waals surface area contributed by atoms with Gasteiger partial charge in [-0.3, -0.25) is 0 Å². The maximum Gasteiger partial charge on any atom is 0.137 e. The van der Waals surface area contributed by atoms with Gasteiger partial charge < -0.3 is 5.32 Å². The maximum absolute atomic E-state index is 13.4. The van der Waals surface area contributed by atoms with E-state index in [1.54, 1.807) is 6.07 Å². The summed E-state index contributed by atoms with van der Waals surface area (Å²) in [6.07, 6.45) is 0.842. The van der Waals surface area contributed by atoms with Gasteiger partial charge in [0.25, 0.3) is 0 Å². The minimum atomic E-state index is -0.186. The van der Waals surface area contributed by atoms with E-state index in [4.69, 9.17) is 0 Å². The Morgan fingerprint density at radius 2 is 2.12 bits per heavy atom. The molecule has 0 amide bonds. The van der Waals surface area contributed by atoms with Crippen LogP contribution in [0.25, 0.3) is 0 Å². The summed E-state index contributed by atoms with van der Waals surface area (Å²) in [5, 5.41) is 3.92. The topological polar surface area (TPSA) is 12.0 Å². The summed E-state index contributed by atoms with van der Waals surface area (Å²) in [6, 6.07) is 5.58. The van der Waals surface area contributed by atoms with Crippen molar-refractivity contribution in [1.82, 2.24) is 5.32 Å². The molecule has 0 aliphatic heterocycles. The summed E-state index contributed by atoms with van der Waals surface area (Å²) in [5.41, 5.74) is 1.02. The molecule has 0 saturated heterocycles. The zero-order valence-electron chi connectivity index (χ0n) is 10.5. The summed E-state index contributed by atoms with van der Waals surface area (Å²) in [5.74, 6) is 0.853. The van der Waals surface area contributed by atoms with E-state index >= 15 is 0 Å². The lowest BCUT2D eigenvalue weighted by Crippen LogP contribution is -2.30. The van der Waals surface area contributed by atoms with Gasteiger partial charge in [0, 0.05) is 11.8 Å². The van der Waals surface area contributed by atoms with Gasteiger partial charge in [-0.05, 0) is 46.3 Å². The fraction of sp³-hybridized carbons (Fsp3) is 0.538. The van der Waals surface area contributed by atoms with Crippen molar-refractivity contribution >= 4 is 27.7 Å². The zero-order valence-corrected chi connectivity index (χ0v) is 12.9. The van der Waals surface area contributed by atoms with Crippen molar-refractivity contribution in [3.63, 3.8) is 0 Å². The van der Waals surface area contributed by atoms with E-state index in [1.165, 1.54) is 6.07 Å². The summed E-state index contributed by atoms with van der Waals surface area (Å²) in [4.78, 5) is 0. The Morgan fingerprint density at radius 3 is 2.71 bits per heavy atom. The van der Waals surface area contributed by atoms with Crippen molar-refractivity contribution in [1.29, 1.82) is 0 Å².